The zero-order valence-corrected chi connectivity index (χ0v) is 10.2. The van der Waals surface area contributed by atoms with Crippen LogP contribution in [0, 0.1) is 5.92 Å². The van der Waals surface area contributed by atoms with Crippen molar-refractivity contribution in [1.82, 2.24) is 10.6 Å². The average Bonchev–Trinajstić information content (AvgIpc) is 2.11. The molecule has 0 aromatic carbocycles. The lowest BCUT2D eigenvalue weighted by Crippen LogP contribution is -2.45. The van der Waals surface area contributed by atoms with Crippen LogP contribution in [-0.4, -0.2) is 24.5 Å². The predicted molar refractivity (Wildman–Crippen MR) is 62.7 cm³/mol. The van der Waals surface area contributed by atoms with Gasteiger partial charge in [0, 0.05) is 12.1 Å². The number of carbonyl (C=O) groups excluding carboxylic acids is 1. The molecule has 2 N–H and O–H groups in total. The summed E-state index contributed by atoms with van der Waals surface area (Å²) in [4.78, 5) is 11.5. The van der Waals surface area contributed by atoms with E-state index in [4.69, 9.17) is 0 Å². The summed E-state index contributed by atoms with van der Waals surface area (Å²) in [6.45, 7) is 6.78. The van der Waals surface area contributed by atoms with Crippen LogP contribution in [0.3, 0.4) is 0 Å². The first-order chi connectivity index (χ1) is 7.13. The van der Waals surface area contributed by atoms with Gasteiger partial charge in [0.15, 0.2) is 0 Å². The molecule has 2 atom stereocenters. The van der Waals surface area contributed by atoms with Crippen LogP contribution in [0.25, 0.3) is 0 Å². The minimum Gasteiger partial charge on any atom is -0.352 e. The van der Waals surface area contributed by atoms with E-state index in [0.717, 1.165) is 12.3 Å². The minimum absolute atomic E-state index is 0.134. The largest absolute Gasteiger partial charge is 0.352 e. The summed E-state index contributed by atoms with van der Waals surface area (Å²) < 4.78 is 0. The van der Waals surface area contributed by atoms with Gasteiger partial charge in [-0.15, -0.1) is 0 Å². The van der Waals surface area contributed by atoms with Crippen LogP contribution in [0.15, 0.2) is 0 Å². The third kappa shape index (κ3) is 4.20. The standard InChI is InChI=1S/C12H24N2O/c1-4-9(2)13-8-12(15)14-10(3)11-6-5-7-11/h9-11,13H,4-8H2,1-3H3,(H,14,15). The van der Waals surface area contributed by atoms with Gasteiger partial charge in [-0.2, -0.15) is 0 Å². The molecule has 88 valence electrons. The van der Waals surface area contributed by atoms with E-state index >= 15 is 0 Å². The Morgan fingerprint density at radius 3 is 2.53 bits per heavy atom. The molecule has 0 aromatic heterocycles. The van der Waals surface area contributed by atoms with Crippen LogP contribution in [0.4, 0.5) is 0 Å². The number of nitrogens with one attached hydrogen (secondary N) is 2. The first kappa shape index (κ1) is 12.5. The summed E-state index contributed by atoms with van der Waals surface area (Å²) in [6, 6.07) is 0.778. The van der Waals surface area contributed by atoms with Crippen molar-refractivity contribution in [2.24, 2.45) is 5.92 Å². The second kappa shape index (κ2) is 6.11. The Hall–Kier alpha value is -0.570. The Kier molecular flexibility index (Phi) is 5.09. The van der Waals surface area contributed by atoms with Gasteiger partial charge in [-0.1, -0.05) is 13.3 Å². The maximum Gasteiger partial charge on any atom is 0.234 e. The van der Waals surface area contributed by atoms with Crippen molar-refractivity contribution >= 4 is 5.91 Å². The SMILES string of the molecule is CCC(C)NCC(=O)NC(C)C1CCC1. The Morgan fingerprint density at radius 1 is 1.40 bits per heavy atom. The molecule has 2 unspecified atom stereocenters. The molecule has 15 heavy (non-hydrogen) atoms. The minimum atomic E-state index is 0.134. The molecule has 3 nitrogen and oxygen atoms in total. The van der Waals surface area contributed by atoms with Crippen molar-refractivity contribution in [3.05, 3.63) is 0 Å². The molecular formula is C12H24N2O. The quantitative estimate of drug-likeness (QED) is 0.703. The van der Waals surface area contributed by atoms with E-state index in [9.17, 15) is 4.79 Å². The molecule has 1 rings (SSSR count). The highest BCUT2D eigenvalue weighted by atomic mass is 16.1. The van der Waals surface area contributed by atoms with E-state index < -0.39 is 0 Å². The zero-order chi connectivity index (χ0) is 11.3. The van der Waals surface area contributed by atoms with E-state index in [0.29, 0.717) is 18.6 Å². The molecule has 0 saturated heterocycles. The molecule has 1 aliphatic carbocycles. The van der Waals surface area contributed by atoms with Gasteiger partial charge in [-0.25, -0.2) is 0 Å². The third-order valence-corrected chi connectivity index (χ3v) is 3.47. The summed E-state index contributed by atoms with van der Waals surface area (Å²) in [5.74, 6) is 0.854. The Bertz CT molecular complexity index is 202. The van der Waals surface area contributed by atoms with Gasteiger partial charge < -0.3 is 10.6 Å². The van der Waals surface area contributed by atoms with Crippen LogP contribution in [0.5, 0.6) is 0 Å². The molecule has 0 aromatic rings. The monoisotopic (exact) mass is 212 g/mol. The Morgan fingerprint density at radius 2 is 2.07 bits per heavy atom. The van der Waals surface area contributed by atoms with Gasteiger partial charge in [0.1, 0.15) is 0 Å². The van der Waals surface area contributed by atoms with Gasteiger partial charge in [0.25, 0.3) is 0 Å². The first-order valence-corrected chi connectivity index (χ1v) is 6.16. The highest BCUT2D eigenvalue weighted by Gasteiger charge is 2.24. The van der Waals surface area contributed by atoms with Crippen molar-refractivity contribution in [2.75, 3.05) is 6.54 Å². The summed E-state index contributed by atoms with van der Waals surface area (Å²) in [6.07, 6.45) is 4.95. The summed E-state index contributed by atoms with van der Waals surface area (Å²) >= 11 is 0. The molecule has 0 radical (unpaired) electrons. The van der Waals surface area contributed by atoms with E-state index in [1.807, 2.05) is 0 Å². The summed E-state index contributed by atoms with van der Waals surface area (Å²) in [5.41, 5.74) is 0. The molecule has 0 heterocycles. The fourth-order valence-corrected chi connectivity index (χ4v) is 1.77. The molecule has 1 saturated carbocycles. The van der Waals surface area contributed by atoms with Gasteiger partial charge in [0.05, 0.1) is 6.54 Å². The van der Waals surface area contributed by atoms with Crippen LogP contribution >= 0.6 is 0 Å². The maximum absolute atomic E-state index is 11.5. The number of amides is 1. The van der Waals surface area contributed by atoms with E-state index in [1.165, 1.54) is 19.3 Å². The molecule has 1 aliphatic rings. The van der Waals surface area contributed by atoms with Crippen LogP contribution < -0.4 is 10.6 Å². The van der Waals surface area contributed by atoms with E-state index in [1.54, 1.807) is 0 Å². The molecule has 0 spiro atoms. The van der Waals surface area contributed by atoms with Crippen molar-refractivity contribution in [3.8, 4) is 0 Å². The first-order valence-electron chi connectivity index (χ1n) is 6.16. The molecule has 3 heteroatoms. The molecule has 0 aliphatic heterocycles. The van der Waals surface area contributed by atoms with Crippen LogP contribution in [0.2, 0.25) is 0 Å². The van der Waals surface area contributed by atoms with Crippen molar-refractivity contribution in [2.45, 2.75) is 58.5 Å². The second-order valence-electron chi connectivity index (χ2n) is 4.74. The number of hydrogen-bond acceptors (Lipinski definition) is 2. The smallest absolute Gasteiger partial charge is 0.234 e. The lowest BCUT2D eigenvalue weighted by molar-refractivity contribution is -0.121. The predicted octanol–water partition coefficient (Wildman–Crippen LogP) is 1.68. The highest BCUT2D eigenvalue weighted by molar-refractivity contribution is 5.78. The fraction of sp³-hybridized carbons (Fsp3) is 0.917. The van der Waals surface area contributed by atoms with Gasteiger partial charge in [0.2, 0.25) is 5.91 Å². The van der Waals surface area contributed by atoms with Crippen LogP contribution in [-0.2, 0) is 4.79 Å². The number of carbonyl (C=O) groups is 1. The van der Waals surface area contributed by atoms with Crippen molar-refractivity contribution < 1.29 is 4.79 Å². The second-order valence-corrected chi connectivity index (χ2v) is 4.74. The lowest BCUT2D eigenvalue weighted by Gasteiger charge is -2.32. The highest BCUT2D eigenvalue weighted by Crippen LogP contribution is 2.29. The van der Waals surface area contributed by atoms with E-state index in [-0.39, 0.29) is 5.91 Å². The Labute approximate surface area is 93.0 Å². The van der Waals surface area contributed by atoms with Crippen molar-refractivity contribution in [1.29, 1.82) is 0 Å². The van der Waals surface area contributed by atoms with Crippen LogP contribution in [0.1, 0.15) is 46.5 Å². The fourth-order valence-electron chi connectivity index (χ4n) is 1.77. The molecular weight excluding hydrogens is 188 g/mol. The van der Waals surface area contributed by atoms with Gasteiger partial charge in [-0.05, 0) is 39.0 Å². The zero-order valence-electron chi connectivity index (χ0n) is 10.2. The number of rotatable bonds is 6. The normalized spacial score (nSPS) is 20.5. The van der Waals surface area contributed by atoms with Crippen molar-refractivity contribution in [3.63, 3.8) is 0 Å². The Balaban J connectivity index is 2.11. The van der Waals surface area contributed by atoms with E-state index in [2.05, 4.69) is 31.4 Å². The lowest BCUT2D eigenvalue weighted by atomic mass is 9.80. The number of hydrogen-bond donors (Lipinski definition) is 2. The average molecular weight is 212 g/mol. The maximum atomic E-state index is 11.5. The molecule has 0 bridgehead atoms. The summed E-state index contributed by atoms with van der Waals surface area (Å²) in [7, 11) is 0. The van der Waals surface area contributed by atoms with Gasteiger partial charge in [-0.3, -0.25) is 4.79 Å². The third-order valence-electron chi connectivity index (χ3n) is 3.47. The van der Waals surface area contributed by atoms with Gasteiger partial charge >= 0.3 is 0 Å². The summed E-state index contributed by atoms with van der Waals surface area (Å²) in [5, 5.41) is 6.26. The molecule has 1 amide bonds. The molecule has 1 fully saturated rings. The topological polar surface area (TPSA) is 41.1 Å².